The van der Waals surface area contributed by atoms with E-state index in [1.807, 2.05) is 17.9 Å². The van der Waals surface area contributed by atoms with Crippen molar-refractivity contribution in [2.45, 2.75) is 57.7 Å². The van der Waals surface area contributed by atoms with Crippen molar-refractivity contribution in [3.63, 3.8) is 0 Å². The van der Waals surface area contributed by atoms with E-state index < -0.39 is 0 Å². The fraction of sp³-hybridized carbons (Fsp3) is 0.650. The Bertz CT molecular complexity index is 650. The minimum Gasteiger partial charge on any atom is -0.392 e. The van der Waals surface area contributed by atoms with Gasteiger partial charge < -0.3 is 20.1 Å². The highest BCUT2D eigenvalue weighted by atomic mass is 16.5. The zero-order valence-electron chi connectivity index (χ0n) is 15.0. The minimum atomic E-state index is -0.286. The molecule has 1 saturated carbocycles. The molecule has 2 fully saturated rings. The number of ether oxygens (including phenoxy) is 1. The lowest BCUT2D eigenvalue weighted by Gasteiger charge is -2.56. The van der Waals surface area contributed by atoms with Gasteiger partial charge in [0, 0.05) is 37.2 Å². The third-order valence-electron chi connectivity index (χ3n) is 6.44. The number of rotatable bonds is 3. The lowest BCUT2D eigenvalue weighted by atomic mass is 9.58. The van der Waals surface area contributed by atoms with Gasteiger partial charge in [0.2, 0.25) is 0 Å². The molecule has 2 unspecified atom stereocenters. The van der Waals surface area contributed by atoms with Crippen LogP contribution < -0.4 is 5.32 Å². The summed E-state index contributed by atoms with van der Waals surface area (Å²) in [6.45, 7) is 4.04. The Morgan fingerprint density at radius 2 is 2.08 bits per heavy atom. The summed E-state index contributed by atoms with van der Waals surface area (Å²) in [6.07, 6.45) is 5.70. The number of carbonyl (C=O) groups excluding carboxylic acids is 1. The Kier molecular flexibility index (Phi) is 4.46. The van der Waals surface area contributed by atoms with Crippen molar-refractivity contribution in [2.75, 3.05) is 25.0 Å². The Morgan fingerprint density at radius 3 is 2.80 bits per heavy atom. The van der Waals surface area contributed by atoms with Crippen molar-refractivity contribution < 1.29 is 14.6 Å². The molecule has 0 radical (unpaired) electrons. The summed E-state index contributed by atoms with van der Waals surface area (Å²) in [4.78, 5) is 14.5. The molecular weight excluding hydrogens is 316 g/mol. The molecule has 1 aliphatic heterocycles. The second-order valence-corrected chi connectivity index (χ2v) is 7.68. The summed E-state index contributed by atoms with van der Waals surface area (Å²) in [7, 11) is 0. The molecule has 1 spiro atoms. The fourth-order valence-electron chi connectivity index (χ4n) is 4.79. The van der Waals surface area contributed by atoms with Crippen LogP contribution in [0.5, 0.6) is 0 Å². The van der Waals surface area contributed by atoms with E-state index in [1.54, 1.807) is 0 Å². The van der Waals surface area contributed by atoms with E-state index in [1.165, 1.54) is 17.5 Å². The largest absolute Gasteiger partial charge is 0.392 e. The highest BCUT2D eigenvalue weighted by Crippen LogP contribution is 2.50. The number of aliphatic hydroxyl groups is 1. The quantitative estimate of drug-likeness (QED) is 0.886. The summed E-state index contributed by atoms with van der Waals surface area (Å²) in [5.41, 5.74) is 3.54. The summed E-state index contributed by atoms with van der Waals surface area (Å²) in [5.74, 6) is 0. The standard InChI is InChI=1S/C20H28N2O3/c1-2-25-18-13-17(23)20(18)8-10-22(11-9-20)19(24)21-16-7-6-14-4-3-5-15(14)12-16/h6-7,12,17-18,23H,2-5,8-11,13H2,1H3,(H,21,24). The number of piperidine rings is 1. The fourth-order valence-corrected chi connectivity index (χ4v) is 4.79. The Hall–Kier alpha value is -1.59. The lowest BCUT2D eigenvalue weighted by molar-refractivity contribution is -0.207. The van der Waals surface area contributed by atoms with Gasteiger partial charge in [-0.1, -0.05) is 6.07 Å². The molecule has 1 aromatic carbocycles. The number of likely N-dealkylation sites (tertiary alicyclic amines) is 1. The number of nitrogens with one attached hydrogen (secondary N) is 1. The molecule has 5 heteroatoms. The van der Waals surface area contributed by atoms with Crippen LogP contribution in [0.1, 0.15) is 43.7 Å². The number of urea groups is 1. The van der Waals surface area contributed by atoms with Crippen molar-refractivity contribution in [3.05, 3.63) is 29.3 Å². The zero-order valence-corrected chi connectivity index (χ0v) is 15.0. The van der Waals surface area contributed by atoms with E-state index >= 15 is 0 Å². The van der Waals surface area contributed by atoms with Gasteiger partial charge in [0.1, 0.15) is 0 Å². The number of fused-ring (bicyclic) bond motifs is 1. The molecule has 25 heavy (non-hydrogen) atoms. The first-order chi connectivity index (χ1) is 12.1. The summed E-state index contributed by atoms with van der Waals surface area (Å²) < 4.78 is 5.80. The second-order valence-electron chi connectivity index (χ2n) is 7.68. The van der Waals surface area contributed by atoms with E-state index in [2.05, 4.69) is 17.4 Å². The highest BCUT2D eigenvalue weighted by molar-refractivity contribution is 5.89. The Morgan fingerprint density at radius 1 is 1.32 bits per heavy atom. The average Bonchev–Trinajstić information content (AvgIpc) is 3.09. The maximum atomic E-state index is 12.6. The minimum absolute atomic E-state index is 0.0328. The van der Waals surface area contributed by atoms with E-state index in [-0.39, 0.29) is 23.7 Å². The molecule has 0 bridgehead atoms. The van der Waals surface area contributed by atoms with Gasteiger partial charge in [-0.2, -0.15) is 0 Å². The van der Waals surface area contributed by atoms with E-state index in [0.717, 1.165) is 37.8 Å². The SMILES string of the molecule is CCOC1CC(O)C12CCN(C(=O)Nc1ccc3c(c1)CCC3)CC2. The molecule has 1 saturated heterocycles. The molecule has 4 rings (SSSR count). The van der Waals surface area contributed by atoms with Gasteiger partial charge in [-0.25, -0.2) is 4.79 Å². The van der Waals surface area contributed by atoms with Crippen molar-refractivity contribution in [3.8, 4) is 0 Å². The Labute approximate surface area is 149 Å². The van der Waals surface area contributed by atoms with E-state index in [0.29, 0.717) is 19.7 Å². The monoisotopic (exact) mass is 344 g/mol. The van der Waals surface area contributed by atoms with Crippen LogP contribution in [-0.2, 0) is 17.6 Å². The number of hydrogen-bond donors (Lipinski definition) is 2. The molecule has 2 atom stereocenters. The van der Waals surface area contributed by atoms with Gasteiger partial charge in [-0.05, 0) is 62.3 Å². The molecule has 136 valence electrons. The first-order valence-corrected chi connectivity index (χ1v) is 9.60. The van der Waals surface area contributed by atoms with Gasteiger partial charge in [0.15, 0.2) is 0 Å². The number of aryl methyl sites for hydroxylation is 2. The summed E-state index contributed by atoms with van der Waals surface area (Å²) in [5, 5.41) is 13.3. The van der Waals surface area contributed by atoms with Gasteiger partial charge in [-0.15, -0.1) is 0 Å². The summed E-state index contributed by atoms with van der Waals surface area (Å²) in [6, 6.07) is 6.23. The number of nitrogens with zero attached hydrogens (tertiary/aromatic N) is 1. The van der Waals surface area contributed by atoms with E-state index in [4.69, 9.17) is 4.74 Å². The molecule has 5 nitrogen and oxygen atoms in total. The van der Waals surface area contributed by atoms with Crippen molar-refractivity contribution >= 4 is 11.7 Å². The van der Waals surface area contributed by atoms with Gasteiger partial charge >= 0.3 is 6.03 Å². The number of amides is 2. The maximum absolute atomic E-state index is 12.6. The van der Waals surface area contributed by atoms with Crippen LogP contribution in [0.3, 0.4) is 0 Å². The van der Waals surface area contributed by atoms with Crippen molar-refractivity contribution in [1.29, 1.82) is 0 Å². The summed E-state index contributed by atoms with van der Waals surface area (Å²) >= 11 is 0. The van der Waals surface area contributed by atoms with Gasteiger partial charge in [0.05, 0.1) is 12.2 Å². The van der Waals surface area contributed by atoms with Gasteiger partial charge in [0.25, 0.3) is 0 Å². The second kappa shape index (κ2) is 6.61. The maximum Gasteiger partial charge on any atom is 0.321 e. The van der Waals surface area contributed by atoms with Gasteiger partial charge in [-0.3, -0.25) is 0 Å². The lowest BCUT2D eigenvalue weighted by Crippen LogP contribution is -2.63. The van der Waals surface area contributed by atoms with Crippen LogP contribution in [0.15, 0.2) is 18.2 Å². The van der Waals surface area contributed by atoms with Crippen LogP contribution in [0.4, 0.5) is 10.5 Å². The third-order valence-corrected chi connectivity index (χ3v) is 6.44. The third kappa shape index (κ3) is 2.93. The zero-order chi connectivity index (χ0) is 17.4. The molecule has 1 aromatic rings. The van der Waals surface area contributed by atoms with Crippen LogP contribution in [0.2, 0.25) is 0 Å². The molecule has 1 heterocycles. The topological polar surface area (TPSA) is 61.8 Å². The first-order valence-electron chi connectivity index (χ1n) is 9.60. The highest BCUT2D eigenvalue weighted by Gasteiger charge is 2.56. The molecule has 0 aromatic heterocycles. The predicted molar refractivity (Wildman–Crippen MR) is 96.8 cm³/mol. The number of benzene rings is 1. The normalized spacial score (nSPS) is 27.0. The number of aliphatic hydroxyl groups excluding tert-OH is 1. The predicted octanol–water partition coefficient (Wildman–Crippen LogP) is 2.96. The first kappa shape index (κ1) is 16.9. The van der Waals surface area contributed by atoms with Crippen molar-refractivity contribution in [2.24, 2.45) is 5.41 Å². The molecule has 3 aliphatic rings. The van der Waals surface area contributed by atoms with Crippen molar-refractivity contribution in [1.82, 2.24) is 4.90 Å². The average molecular weight is 344 g/mol. The smallest absolute Gasteiger partial charge is 0.321 e. The van der Waals surface area contributed by atoms with Crippen LogP contribution in [0.25, 0.3) is 0 Å². The van der Waals surface area contributed by atoms with Crippen LogP contribution >= 0.6 is 0 Å². The number of anilines is 1. The number of hydrogen-bond acceptors (Lipinski definition) is 3. The van der Waals surface area contributed by atoms with Crippen LogP contribution in [-0.4, -0.2) is 47.9 Å². The molecule has 2 amide bonds. The number of carbonyl (C=O) groups is 1. The van der Waals surface area contributed by atoms with Crippen LogP contribution in [0, 0.1) is 5.41 Å². The molecule has 2 N–H and O–H groups in total. The van der Waals surface area contributed by atoms with E-state index in [9.17, 15) is 9.90 Å². The Balaban J connectivity index is 1.35. The molecule has 2 aliphatic carbocycles. The molecular formula is C20H28N2O3.